The molecule has 2 fully saturated rings. The Labute approximate surface area is 322 Å². The Morgan fingerprint density at radius 3 is 1.76 bits per heavy atom. The van der Waals surface area contributed by atoms with E-state index in [4.69, 9.17) is 14.2 Å². The van der Waals surface area contributed by atoms with E-state index in [-0.39, 0.29) is 0 Å². The molecule has 54 heavy (non-hydrogen) atoms. The van der Waals surface area contributed by atoms with Crippen molar-refractivity contribution in [2.24, 2.45) is 17.8 Å². The molecule has 0 spiro atoms. The maximum atomic E-state index is 6.56. The molecule has 278 valence electrons. The molecule has 0 saturated heterocycles. The molecule has 8 rings (SSSR count). The van der Waals surface area contributed by atoms with Crippen LogP contribution in [0, 0.1) is 17.8 Å². The van der Waals surface area contributed by atoms with E-state index < -0.39 is 0 Å². The van der Waals surface area contributed by atoms with Crippen LogP contribution in [0.1, 0.15) is 106 Å². The number of hydrogen-bond acceptors (Lipinski definition) is 3. The van der Waals surface area contributed by atoms with Crippen molar-refractivity contribution in [3.05, 3.63) is 150 Å². The van der Waals surface area contributed by atoms with Crippen molar-refractivity contribution < 1.29 is 14.2 Å². The molecule has 0 aliphatic heterocycles. The smallest absolute Gasteiger partial charge is 0.120 e. The topological polar surface area (TPSA) is 27.7 Å². The Bertz CT molecular complexity index is 2130. The quantitative estimate of drug-likeness (QED) is 0.0990. The van der Waals surface area contributed by atoms with Crippen molar-refractivity contribution in [2.45, 2.75) is 96.7 Å². The SMILES string of the molecule is CC(C)COc1ccc(C(C)CC(CC(C)c2ccc(COc3ccc4cc5ccccc5cc4c3)cc2)c2ccc(OC3CC4CCC3C4)cc2)cc1. The Balaban J connectivity index is 0.934. The van der Waals surface area contributed by atoms with Gasteiger partial charge in [0.1, 0.15) is 30.0 Å². The van der Waals surface area contributed by atoms with Crippen molar-refractivity contribution in [3.8, 4) is 17.2 Å². The van der Waals surface area contributed by atoms with Crippen molar-refractivity contribution in [1.29, 1.82) is 0 Å². The summed E-state index contributed by atoms with van der Waals surface area (Å²) >= 11 is 0. The highest BCUT2D eigenvalue weighted by Gasteiger charge is 2.41. The van der Waals surface area contributed by atoms with E-state index in [1.807, 2.05) is 0 Å². The monoisotopic (exact) mass is 716 g/mol. The maximum absolute atomic E-state index is 6.56. The number of hydrogen-bond donors (Lipinski definition) is 0. The first-order chi connectivity index (χ1) is 26.3. The van der Waals surface area contributed by atoms with Gasteiger partial charge in [0.25, 0.3) is 0 Å². The number of fused-ring (bicyclic) bond motifs is 4. The zero-order valence-corrected chi connectivity index (χ0v) is 32.5. The first kappa shape index (κ1) is 36.2. The van der Waals surface area contributed by atoms with Gasteiger partial charge in [-0.15, -0.1) is 0 Å². The predicted molar refractivity (Wildman–Crippen MR) is 224 cm³/mol. The maximum Gasteiger partial charge on any atom is 0.120 e. The molecule has 2 bridgehead atoms. The fourth-order valence-corrected chi connectivity index (χ4v) is 9.09. The highest BCUT2D eigenvalue weighted by Crippen LogP contribution is 2.46. The van der Waals surface area contributed by atoms with E-state index in [0.717, 1.165) is 48.5 Å². The summed E-state index contributed by atoms with van der Waals surface area (Å²) in [5.41, 5.74) is 5.32. The summed E-state index contributed by atoms with van der Waals surface area (Å²) in [6.07, 6.45) is 7.89. The summed E-state index contributed by atoms with van der Waals surface area (Å²) in [7, 11) is 0. The molecular formula is C51H56O3. The molecule has 3 nitrogen and oxygen atoms in total. The van der Waals surface area contributed by atoms with Crippen LogP contribution in [0.5, 0.6) is 17.2 Å². The molecule has 0 radical (unpaired) electrons. The molecule has 0 aromatic heterocycles. The van der Waals surface area contributed by atoms with Gasteiger partial charge < -0.3 is 14.2 Å². The van der Waals surface area contributed by atoms with Crippen molar-refractivity contribution in [3.63, 3.8) is 0 Å². The second-order valence-corrected chi connectivity index (χ2v) is 16.9. The van der Waals surface area contributed by atoms with Crippen molar-refractivity contribution >= 4 is 21.5 Å². The van der Waals surface area contributed by atoms with Crippen LogP contribution in [0.25, 0.3) is 21.5 Å². The zero-order valence-electron chi connectivity index (χ0n) is 32.5. The number of benzene rings is 6. The predicted octanol–water partition coefficient (Wildman–Crippen LogP) is 13.6. The third-order valence-corrected chi connectivity index (χ3v) is 12.3. The van der Waals surface area contributed by atoms with E-state index in [2.05, 4.69) is 155 Å². The highest BCUT2D eigenvalue weighted by atomic mass is 16.5. The van der Waals surface area contributed by atoms with Crippen LogP contribution in [0.15, 0.2) is 127 Å². The second-order valence-electron chi connectivity index (χ2n) is 16.9. The third kappa shape index (κ3) is 8.62. The molecule has 0 N–H and O–H groups in total. The van der Waals surface area contributed by atoms with Crippen LogP contribution in [0.3, 0.4) is 0 Å². The second kappa shape index (κ2) is 16.3. The molecule has 0 heterocycles. The van der Waals surface area contributed by atoms with Crippen LogP contribution >= 0.6 is 0 Å². The summed E-state index contributed by atoms with van der Waals surface area (Å²) in [6, 6.07) is 46.5. The minimum absolute atomic E-state index is 0.402. The lowest BCUT2D eigenvalue weighted by Gasteiger charge is -2.26. The molecule has 2 saturated carbocycles. The molecule has 6 unspecified atom stereocenters. The van der Waals surface area contributed by atoms with Gasteiger partial charge in [-0.05, 0) is 166 Å². The fraction of sp³-hybridized carbons (Fsp3) is 0.373. The summed E-state index contributed by atoms with van der Waals surface area (Å²) in [5, 5.41) is 4.95. The summed E-state index contributed by atoms with van der Waals surface area (Å²) in [6.45, 7) is 10.4. The Morgan fingerprint density at radius 1 is 0.537 bits per heavy atom. The Morgan fingerprint density at radius 2 is 1.13 bits per heavy atom. The largest absolute Gasteiger partial charge is 0.493 e. The van der Waals surface area contributed by atoms with Gasteiger partial charge in [0.05, 0.1) is 6.61 Å². The fourth-order valence-electron chi connectivity index (χ4n) is 9.09. The number of rotatable bonds is 15. The zero-order chi connectivity index (χ0) is 37.0. The van der Waals surface area contributed by atoms with Crippen LogP contribution in [0.2, 0.25) is 0 Å². The Hall–Kier alpha value is -4.76. The van der Waals surface area contributed by atoms with Gasteiger partial charge in [-0.1, -0.05) is 107 Å². The van der Waals surface area contributed by atoms with Gasteiger partial charge in [-0.25, -0.2) is 0 Å². The van der Waals surface area contributed by atoms with E-state index >= 15 is 0 Å². The standard InChI is InChI=1S/C51H56O3/c1-34(2)32-52-48-20-15-40(16-21-48)36(4)26-46(41-17-22-49(23-18-41)54-51-28-38-11-14-45(51)27-38)25-35(3)39-12-9-37(10-13-39)33-53-50-24-19-44-29-42-7-5-6-8-43(42)30-47(44)31-50/h5-10,12-13,15-24,29-31,34-36,38,45-46,51H,11,14,25-28,32-33H2,1-4H3. The first-order valence-electron chi connectivity index (χ1n) is 20.5. The van der Waals surface area contributed by atoms with E-state index in [0.29, 0.717) is 36.4 Å². The average molecular weight is 717 g/mol. The summed E-state index contributed by atoms with van der Waals surface area (Å²) < 4.78 is 18.8. The normalized spacial score (nSPS) is 19.6. The van der Waals surface area contributed by atoms with Gasteiger partial charge >= 0.3 is 0 Å². The van der Waals surface area contributed by atoms with Gasteiger partial charge in [0.15, 0.2) is 0 Å². The van der Waals surface area contributed by atoms with Crippen molar-refractivity contribution in [2.75, 3.05) is 6.61 Å². The van der Waals surface area contributed by atoms with Gasteiger partial charge in [-0.2, -0.15) is 0 Å². The molecule has 6 aromatic rings. The summed E-state index contributed by atoms with van der Waals surface area (Å²) in [5.74, 6) is 6.27. The van der Waals surface area contributed by atoms with E-state index in [1.165, 1.54) is 69.5 Å². The highest BCUT2D eigenvalue weighted by molar-refractivity contribution is 5.98. The van der Waals surface area contributed by atoms with Crippen LogP contribution in [-0.2, 0) is 6.61 Å². The van der Waals surface area contributed by atoms with Gasteiger partial charge in [0, 0.05) is 0 Å². The minimum atomic E-state index is 0.402. The molecule has 6 atom stereocenters. The molecular weight excluding hydrogens is 661 g/mol. The molecule has 0 amide bonds. The lowest BCUT2D eigenvalue weighted by atomic mass is 9.79. The molecule has 2 aliphatic carbocycles. The summed E-state index contributed by atoms with van der Waals surface area (Å²) in [4.78, 5) is 0. The van der Waals surface area contributed by atoms with E-state index in [1.54, 1.807) is 0 Å². The molecule has 3 heteroatoms. The van der Waals surface area contributed by atoms with Crippen LogP contribution < -0.4 is 14.2 Å². The lowest BCUT2D eigenvalue weighted by molar-refractivity contribution is 0.138. The van der Waals surface area contributed by atoms with Crippen LogP contribution in [0.4, 0.5) is 0 Å². The average Bonchev–Trinajstić information content (AvgIpc) is 3.83. The van der Waals surface area contributed by atoms with Gasteiger partial charge in [0.2, 0.25) is 0 Å². The van der Waals surface area contributed by atoms with Crippen molar-refractivity contribution in [1.82, 2.24) is 0 Å². The molecule has 6 aromatic carbocycles. The van der Waals surface area contributed by atoms with Crippen LogP contribution in [-0.4, -0.2) is 12.7 Å². The first-order valence-corrected chi connectivity index (χ1v) is 20.5. The number of ether oxygens (including phenoxy) is 3. The van der Waals surface area contributed by atoms with E-state index in [9.17, 15) is 0 Å². The lowest BCUT2D eigenvalue weighted by Crippen LogP contribution is -2.23. The minimum Gasteiger partial charge on any atom is -0.493 e. The molecule has 2 aliphatic rings. The van der Waals surface area contributed by atoms with Gasteiger partial charge in [-0.3, -0.25) is 0 Å². The Kier molecular flexibility index (Phi) is 10.9. The third-order valence-electron chi connectivity index (χ3n) is 12.3.